The van der Waals surface area contributed by atoms with Crippen molar-refractivity contribution in [3.63, 3.8) is 0 Å². The van der Waals surface area contributed by atoms with Crippen LogP contribution in [0.2, 0.25) is 0 Å². The maximum Gasteiger partial charge on any atom is 0.115 e. The molecule has 1 rings (SSSR count). The van der Waals surface area contributed by atoms with E-state index in [0.29, 0.717) is 5.56 Å². The zero-order valence-corrected chi connectivity index (χ0v) is 7.56. The number of hydrogen-bond donors (Lipinski definition) is 1. The fraction of sp³-hybridized carbons (Fsp3) is 0.400. The van der Waals surface area contributed by atoms with Gasteiger partial charge in [0.2, 0.25) is 0 Å². The van der Waals surface area contributed by atoms with E-state index in [1.807, 2.05) is 0 Å². The molecule has 1 N–H and O–H groups in total. The minimum atomic E-state index is -0.885. The summed E-state index contributed by atoms with van der Waals surface area (Å²) in [4.78, 5) is 0. The lowest BCUT2D eigenvalue weighted by atomic mass is 10.00. The van der Waals surface area contributed by atoms with E-state index in [9.17, 15) is 13.2 Å². The van der Waals surface area contributed by atoms with Gasteiger partial charge in [-0.2, -0.15) is 0 Å². The number of hydrogen-bond acceptors (Lipinski definition) is 1. The summed E-state index contributed by atoms with van der Waals surface area (Å²) in [6, 6.07) is 2.71. The molecule has 0 unspecified atom stereocenters. The van der Waals surface area contributed by atoms with Crippen LogP contribution in [-0.2, 0) is 26.6 Å². The first-order chi connectivity index (χ1) is 6.76. The van der Waals surface area contributed by atoms with Gasteiger partial charge in [0.25, 0.3) is 0 Å². The molecule has 4 heteroatoms. The molecule has 0 aliphatic carbocycles. The molecule has 0 aliphatic heterocycles. The molecule has 78 valence electrons. The van der Waals surface area contributed by atoms with Gasteiger partial charge >= 0.3 is 0 Å². The topological polar surface area (TPSA) is 20.2 Å². The Morgan fingerprint density at radius 1 is 0.929 bits per heavy atom. The molecule has 0 saturated heterocycles. The van der Waals surface area contributed by atoms with Crippen molar-refractivity contribution in [3.8, 4) is 0 Å². The number of halogens is 3. The third kappa shape index (κ3) is 2.07. The van der Waals surface area contributed by atoms with Crippen LogP contribution in [0.25, 0.3) is 0 Å². The van der Waals surface area contributed by atoms with Crippen molar-refractivity contribution >= 4 is 0 Å². The van der Waals surface area contributed by atoms with E-state index in [4.69, 9.17) is 5.11 Å². The van der Waals surface area contributed by atoms with E-state index in [1.165, 1.54) is 12.1 Å². The quantitative estimate of drug-likeness (QED) is 0.799. The maximum atomic E-state index is 12.5. The number of aliphatic hydroxyl groups excluding tert-OH is 1. The van der Waals surface area contributed by atoms with Crippen LogP contribution in [0.15, 0.2) is 12.1 Å². The van der Waals surface area contributed by atoms with Gasteiger partial charge in [-0.25, -0.2) is 13.2 Å². The van der Waals surface area contributed by atoms with E-state index in [1.54, 1.807) is 0 Å². The molecule has 14 heavy (non-hydrogen) atoms. The highest BCUT2D eigenvalue weighted by atomic mass is 19.1. The van der Waals surface area contributed by atoms with Gasteiger partial charge in [-0.15, -0.1) is 0 Å². The highest BCUT2D eigenvalue weighted by molar-refractivity contribution is 5.38. The van der Waals surface area contributed by atoms with E-state index in [2.05, 4.69) is 0 Å². The molecule has 0 aromatic heterocycles. The Balaban J connectivity index is 3.24. The third-order valence-electron chi connectivity index (χ3n) is 2.10. The Labute approximate surface area is 80.2 Å². The smallest absolute Gasteiger partial charge is 0.115 e. The van der Waals surface area contributed by atoms with Crippen molar-refractivity contribution in [2.45, 2.75) is 26.6 Å². The highest BCUT2D eigenvalue weighted by Crippen LogP contribution is 2.21. The van der Waals surface area contributed by atoms with Gasteiger partial charge in [0.05, 0.1) is 6.61 Å². The summed E-state index contributed by atoms with van der Waals surface area (Å²) in [5.74, 6) is 0. The van der Waals surface area contributed by atoms with Crippen molar-refractivity contribution in [2.24, 2.45) is 0 Å². The molecular formula is C10H11F3O. The van der Waals surface area contributed by atoms with Crippen LogP contribution in [0.5, 0.6) is 0 Å². The molecule has 1 nitrogen and oxygen atoms in total. The summed E-state index contributed by atoms with van der Waals surface area (Å²) < 4.78 is 37.3. The Morgan fingerprint density at radius 2 is 1.43 bits per heavy atom. The van der Waals surface area contributed by atoms with Gasteiger partial charge in [-0.05, 0) is 22.3 Å². The zero-order chi connectivity index (χ0) is 10.6. The molecule has 0 saturated carbocycles. The molecule has 0 radical (unpaired) electrons. The van der Waals surface area contributed by atoms with Crippen LogP contribution in [0.4, 0.5) is 13.2 Å². The summed E-state index contributed by atoms with van der Waals surface area (Å²) in [7, 11) is 0. The largest absolute Gasteiger partial charge is 0.392 e. The molecule has 0 aliphatic rings. The summed E-state index contributed by atoms with van der Waals surface area (Å²) in [5.41, 5.74) is 0.702. The first-order valence-electron chi connectivity index (χ1n) is 4.19. The Morgan fingerprint density at radius 3 is 1.71 bits per heavy atom. The second-order valence-electron chi connectivity index (χ2n) is 2.95. The number of benzene rings is 1. The van der Waals surface area contributed by atoms with Crippen molar-refractivity contribution in [2.75, 3.05) is 0 Å². The standard InChI is InChI=1S/C10H11F3O/c11-3-8-1-7(6-14)2-9(4-12)10(8)5-13/h1-2,14H,3-6H2. The molecule has 1 aromatic rings. The summed E-state index contributed by atoms with van der Waals surface area (Å²) >= 11 is 0. The molecule has 0 spiro atoms. The lowest BCUT2D eigenvalue weighted by Gasteiger charge is -2.10. The van der Waals surface area contributed by atoms with E-state index in [-0.39, 0.29) is 23.3 Å². The second-order valence-corrected chi connectivity index (χ2v) is 2.95. The van der Waals surface area contributed by atoms with Crippen LogP contribution in [0.1, 0.15) is 22.3 Å². The summed E-state index contributed by atoms with van der Waals surface area (Å²) in [5, 5.41) is 8.80. The van der Waals surface area contributed by atoms with E-state index < -0.39 is 20.0 Å². The van der Waals surface area contributed by atoms with Gasteiger partial charge in [-0.1, -0.05) is 12.1 Å². The summed E-state index contributed by atoms with van der Waals surface area (Å²) in [6.07, 6.45) is 0. The van der Waals surface area contributed by atoms with Crippen LogP contribution in [-0.4, -0.2) is 5.11 Å². The fourth-order valence-electron chi connectivity index (χ4n) is 1.37. The maximum absolute atomic E-state index is 12.5. The highest BCUT2D eigenvalue weighted by Gasteiger charge is 2.10. The number of alkyl halides is 3. The van der Waals surface area contributed by atoms with Gasteiger partial charge in [0, 0.05) is 0 Å². The molecular weight excluding hydrogens is 193 g/mol. The molecule has 1 aromatic carbocycles. The number of aliphatic hydroxyl groups is 1. The molecule has 0 fully saturated rings. The summed E-state index contributed by atoms with van der Waals surface area (Å²) in [6.45, 7) is -2.88. The second kappa shape index (κ2) is 5.00. The van der Waals surface area contributed by atoms with Gasteiger partial charge in [-0.3, -0.25) is 0 Å². The van der Waals surface area contributed by atoms with Gasteiger partial charge in [0.15, 0.2) is 0 Å². The molecule has 0 atom stereocenters. The van der Waals surface area contributed by atoms with Gasteiger partial charge < -0.3 is 5.11 Å². The average molecular weight is 204 g/mol. The molecule has 0 bridgehead atoms. The van der Waals surface area contributed by atoms with Crippen LogP contribution >= 0.6 is 0 Å². The first kappa shape index (κ1) is 11.0. The van der Waals surface area contributed by atoms with Crippen molar-refractivity contribution < 1.29 is 18.3 Å². The lowest BCUT2D eigenvalue weighted by Crippen LogP contribution is -1.99. The number of rotatable bonds is 4. The molecule has 0 amide bonds. The van der Waals surface area contributed by atoms with E-state index >= 15 is 0 Å². The zero-order valence-electron chi connectivity index (χ0n) is 7.56. The minimum Gasteiger partial charge on any atom is -0.392 e. The minimum absolute atomic E-state index is 0.0622. The Bertz CT molecular complexity index is 287. The van der Waals surface area contributed by atoms with Crippen LogP contribution < -0.4 is 0 Å². The first-order valence-corrected chi connectivity index (χ1v) is 4.19. The SMILES string of the molecule is OCc1cc(CF)c(CF)c(CF)c1. The van der Waals surface area contributed by atoms with Crippen molar-refractivity contribution in [3.05, 3.63) is 34.4 Å². The fourth-order valence-corrected chi connectivity index (χ4v) is 1.37. The lowest BCUT2D eigenvalue weighted by molar-refractivity contribution is 0.281. The predicted octanol–water partition coefficient (Wildman–Crippen LogP) is 2.59. The van der Waals surface area contributed by atoms with Crippen molar-refractivity contribution in [1.82, 2.24) is 0 Å². The average Bonchev–Trinajstić information content (AvgIpc) is 2.26. The van der Waals surface area contributed by atoms with E-state index in [0.717, 1.165) is 0 Å². The van der Waals surface area contributed by atoms with Crippen LogP contribution in [0, 0.1) is 0 Å². The third-order valence-corrected chi connectivity index (χ3v) is 2.10. The normalized spacial score (nSPS) is 10.6. The Kier molecular flexibility index (Phi) is 3.95. The molecule has 0 heterocycles. The Hall–Kier alpha value is -1.03. The van der Waals surface area contributed by atoms with Gasteiger partial charge in [0.1, 0.15) is 20.0 Å². The van der Waals surface area contributed by atoms with Crippen molar-refractivity contribution in [1.29, 1.82) is 0 Å². The predicted molar refractivity (Wildman–Crippen MR) is 46.8 cm³/mol. The van der Waals surface area contributed by atoms with Crippen LogP contribution in [0.3, 0.4) is 0 Å². The monoisotopic (exact) mass is 204 g/mol.